The smallest absolute Gasteiger partial charge is 0.254 e. The molecule has 30 heavy (non-hydrogen) atoms. The molecule has 2 atom stereocenters. The van der Waals surface area contributed by atoms with Crippen LogP contribution in [0.15, 0.2) is 24.3 Å². The number of halogens is 1. The van der Waals surface area contributed by atoms with Crippen LogP contribution in [-0.2, 0) is 9.53 Å². The maximum atomic E-state index is 13.4. The molecule has 0 bridgehead atoms. The number of carbonyl (C=O) groups excluding carboxylic acids is 2. The lowest BCUT2D eigenvalue weighted by Crippen LogP contribution is -2.41. The molecule has 2 fully saturated rings. The van der Waals surface area contributed by atoms with Gasteiger partial charge >= 0.3 is 0 Å². The van der Waals surface area contributed by atoms with E-state index in [0.717, 1.165) is 19.4 Å². The molecule has 6 nitrogen and oxygen atoms in total. The first-order valence-electron chi connectivity index (χ1n) is 11.2. The summed E-state index contributed by atoms with van der Waals surface area (Å²) in [6.07, 6.45) is 5.98. The van der Waals surface area contributed by atoms with Crippen molar-refractivity contribution in [3.63, 3.8) is 0 Å². The van der Waals surface area contributed by atoms with Crippen molar-refractivity contribution in [1.29, 1.82) is 0 Å². The van der Waals surface area contributed by atoms with E-state index in [1.165, 1.54) is 31.4 Å². The third-order valence-electron chi connectivity index (χ3n) is 6.10. The second-order valence-electron chi connectivity index (χ2n) is 8.45. The van der Waals surface area contributed by atoms with Crippen molar-refractivity contribution in [3.05, 3.63) is 35.6 Å². The summed E-state index contributed by atoms with van der Waals surface area (Å²) in [4.78, 5) is 28.7. The predicted molar refractivity (Wildman–Crippen MR) is 114 cm³/mol. The molecule has 0 spiro atoms. The molecule has 0 aromatic heterocycles. The van der Waals surface area contributed by atoms with Crippen molar-refractivity contribution >= 4 is 11.8 Å². The van der Waals surface area contributed by atoms with E-state index >= 15 is 0 Å². The van der Waals surface area contributed by atoms with Crippen LogP contribution in [0, 0.1) is 11.7 Å². The normalized spacial score (nSPS) is 23.1. The summed E-state index contributed by atoms with van der Waals surface area (Å²) in [5.41, 5.74) is 0.369. The molecule has 2 aliphatic rings. The van der Waals surface area contributed by atoms with Crippen LogP contribution in [0.3, 0.4) is 0 Å². The Hall–Kier alpha value is -1.99. The van der Waals surface area contributed by atoms with E-state index in [9.17, 15) is 14.0 Å². The Balaban J connectivity index is 1.36. The average molecular weight is 420 g/mol. The van der Waals surface area contributed by atoms with E-state index in [1.807, 2.05) is 0 Å². The summed E-state index contributed by atoms with van der Waals surface area (Å²) in [5, 5.41) is 2.94. The lowest BCUT2D eigenvalue weighted by molar-refractivity contribution is -0.122. The van der Waals surface area contributed by atoms with Crippen LogP contribution in [-0.4, -0.2) is 73.6 Å². The van der Waals surface area contributed by atoms with Crippen LogP contribution in [0.25, 0.3) is 0 Å². The van der Waals surface area contributed by atoms with Gasteiger partial charge in [-0.2, -0.15) is 0 Å². The second kappa shape index (κ2) is 11.4. The Kier molecular flexibility index (Phi) is 8.63. The van der Waals surface area contributed by atoms with Gasteiger partial charge in [0.2, 0.25) is 5.91 Å². The first-order valence-corrected chi connectivity index (χ1v) is 11.2. The minimum absolute atomic E-state index is 0.0137. The Labute approximate surface area is 178 Å². The molecule has 3 rings (SSSR count). The maximum Gasteiger partial charge on any atom is 0.254 e. The third kappa shape index (κ3) is 6.77. The molecule has 0 radical (unpaired) electrons. The van der Waals surface area contributed by atoms with E-state index < -0.39 is 5.82 Å². The predicted octanol–water partition coefficient (Wildman–Crippen LogP) is 2.69. The number of benzene rings is 1. The van der Waals surface area contributed by atoms with Crippen molar-refractivity contribution in [2.75, 3.05) is 45.9 Å². The first kappa shape index (κ1) is 22.7. The van der Waals surface area contributed by atoms with Crippen LogP contribution in [0.2, 0.25) is 0 Å². The van der Waals surface area contributed by atoms with E-state index in [1.54, 1.807) is 17.0 Å². The highest BCUT2D eigenvalue weighted by Crippen LogP contribution is 2.25. The highest BCUT2D eigenvalue weighted by atomic mass is 19.1. The summed E-state index contributed by atoms with van der Waals surface area (Å²) in [6, 6.07) is 5.79. The van der Waals surface area contributed by atoms with Crippen LogP contribution in [0.4, 0.5) is 4.39 Å². The highest BCUT2D eigenvalue weighted by Gasteiger charge is 2.23. The quantitative estimate of drug-likeness (QED) is 0.691. The lowest BCUT2D eigenvalue weighted by atomic mass is 9.88. The first-order chi connectivity index (χ1) is 14.5. The number of nitrogens with one attached hydrogen (secondary N) is 1. The molecule has 1 aromatic rings. The van der Waals surface area contributed by atoms with Gasteiger partial charge in [0.1, 0.15) is 5.82 Å². The average Bonchev–Trinajstić information content (AvgIpc) is 2.97. The van der Waals surface area contributed by atoms with E-state index in [4.69, 9.17) is 4.74 Å². The molecule has 1 saturated heterocycles. The van der Waals surface area contributed by atoms with Gasteiger partial charge in [0.15, 0.2) is 0 Å². The van der Waals surface area contributed by atoms with Gasteiger partial charge in [-0.05, 0) is 43.4 Å². The van der Waals surface area contributed by atoms with E-state index in [2.05, 4.69) is 17.1 Å². The molecular formula is C23H34FN3O3. The topological polar surface area (TPSA) is 61.9 Å². The minimum Gasteiger partial charge on any atom is -0.376 e. The zero-order chi connectivity index (χ0) is 21.3. The molecule has 166 valence electrons. The lowest BCUT2D eigenvalue weighted by Gasteiger charge is -2.28. The molecule has 1 N–H and O–H groups in total. The number of ether oxygens (including phenoxy) is 1. The Bertz CT molecular complexity index is 715. The van der Waals surface area contributed by atoms with Crippen LogP contribution in [0.5, 0.6) is 0 Å². The molecule has 2 unspecified atom stereocenters. The zero-order valence-corrected chi connectivity index (χ0v) is 17.9. The molecule has 1 saturated carbocycles. The summed E-state index contributed by atoms with van der Waals surface area (Å²) >= 11 is 0. The van der Waals surface area contributed by atoms with Gasteiger partial charge in [0.05, 0.1) is 19.3 Å². The number of carbonyl (C=O) groups is 2. The van der Waals surface area contributed by atoms with Gasteiger partial charge < -0.3 is 15.0 Å². The van der Waals surface area contributed by atoms with E-state index in [-0.39, 0.29) is 11.8 Å². The fourth-order valence-corrected chi connectivity index (χ4v) is 4.33. The van der Waals surface area contributed by atoms with Crippen molar-refractivity contribution < 1.29 is 18.7 Å². The van der Waals surface area contributed by atoms with Crippen molar-refractivity contribution in [1.82, 2.24) is 15.1 Å². The SMILES string of the molecule is CC1CCCCC1OCCNC(=O)CN1CCCN(C(=O)c2cccc(F)c2)CC1. The second-order valence-corrected chi connectivity index (χ2v) is 8.45. The van der Waals surface area contributed by atoms with Crippen molar-refractivity contribution in [2.24, 2.45) is 5.92 Å². The maximum absolute atomic E-state index is 13.4. The van der Waals surface area contributed by atoms with Gasteiger partial charge in [-0.1, -0.05) is 25.8 Å². The van der Waals surface area contributed by atoms with Gasteiger partial charge in [-0.25, -0.2) is 4.39 Å². The largest absolute Gasteiger partial charge is 0.376 e. The van der Waals surface area contributed by atoms with Crippen LogP contribution < -0.4 is 5.32 Å². The standard InChI is InChI=1S/C23H34FN3O3/c1-18-6-2-3-9-21(18)30-15-10-25-22(28)17-26-11-5-12-27(14-13-26)23(29)19-7-4-8-20(24)16-19/h4,7-8,16,18,21H,2-3,5-6,9-15,17H2,1H3,(H,25,28). The van der Waals surface area contributed by atoms with Gasteiger partial charge in [0, 0.05) is 38.3 Å². The summed E-state index contributed by atoms with van der Waals surface area (Å²) in [6.45, 7) is 6.18. The number of nitrogens with zero attached hydrogens (tertiary/aromatic N) is 2. The van der Waals surface area contributed by atoms with Crippen LogP contribution >= 0.6 is 0 Å². The molecule has 2 amide bonds. The summed E-state index contributed by atoms with van der Waals surface area (Å²) in [5.74, 6) is 0.0237. The summed E-state index contributed by atoms with van der Waals surface area (Å²) < 4.78 is 19.3. The molecule has 1 aliphatic carbocycles. The van der Waals surface area contributed by atoms with Crippen molar-refractivity contribution in [3.8, 4) is 0 Å². The van der Waals surface area contributed by atoms with Gasteiger partial charge in [0.25, 0.3) is 5.91 Å². The summed E-state index contributed by atoms with van der Waals surface area (Å²) in [7, 11) is 0. The molecular weight excluding hydrogens is 385 g/mol. The Morgan fingerprint density at radius 1 is 1.13 bits per heavy atom. The van der Waals surface area contributed by atoms with Crippen molar-refractivity contribution in [2.45, 2.75) is 45.1 Å². The third-order valence-corrected chi connectivity index (χ3v) is 6.10. The minimum atomic E-state index is -0.407. The van der Waals surface area contributed by atoms with Crippen LogP contribution in [0.1, 0.15) is 49.4 Å². The van der Waals surface area contributed by atoms with Gasteiger partial charge in [-0.15, -0.1) is 0 Å². The monoisotopic (exact) mass is 419 g/mol. The Morgan fingerprint density at radius 3 is 2.77 bits per heavy atom. The molecule has 7 heteroatoms. The number of hydrogen-bond donors (Lipinski definition) is 1. The highest BCUT2D eigenvalue weighted by molar-refractivity contribution is 5.94. The Morgan fingerprint density at radius 2 is 1.97 bits per heavy atom. The molecule has 1 heterocycles. The molecule has 1 aliphatic heterocycles. The van der Waals surface area contributed by atoms with Gasteiger partial charge in [-0.3, -0.25) is 14.5 Å². The fourth-order valence-electron chi connectivity index (χ4n) is 4.33. The fraction of sp³-hybridized carbons (Fsp3) is 0.652. The molecule has 1 aromatic carbocycles. The number of rotatable bonds is 7. The zero-order valence-electron chi connectivity index (χ0n) is 17.9. The number of amides is 2. The van der Waals surface area contributed by atoms with E-state index in [0.29, 0.717) is 56.9 Å². The number of hydrogen-bond acceptors (Lipinski definition) is 4.